The molecule has 0 saturated heterocycles. The van der Waals surface area contributed by atoms with Crippen molar-refractivity contribution in [1.82, 2.24) is 9.13 Å². The van der Waals surface area contributed by atoms with Crippen LogP contribution in [0.2, 0.25) is 0 Å². The number of halogens is 1. The summed E-state index contributed by atoms with van der Waals surface area (Å²) >= 11 is 3.23. The van der Waals surface area contributed by atoms with Gasteiger partial charge in [0.25, 0.3) is 5.56 Å². The first-order valence-electron chi connectivity index (χ1n) is 11.5. The number of aryl methyl sites for hydroxylation is 1. The molecule has 2 aromatic heterocycles. The molecule has 194 valence electrons. The molecule has 0 radical (unpaired) electrons. The van der Waals surface area contributed by atoms with Crippen LogP contribution >= 0.6 is 33.9 Å². The van der Waals surface area contributed by atoms with Gasteiger partial charge in [0, 0.05) is 23.6 Å². The smallest absolute Gasteiger partial charge is 0.348 e. The second kappa shape index (κ2) is 11.7. The fourth-order valence-electron chi connectivity index (χ4n) is 3.90. The summed E-state index contributed by atoms with van der Waals surface area (Å²) in [4.78, 5) is 51.6. The van der Waals surface area contributed by atoms with Crippen LogP contribution in [-0.2, 0) is 34.3 Å². The Balaban J connectivity index is 2.29. The lowest BCUT2D eigenvalue weighted by atomic mass is 9.99. The van der Waals surface area contributed by atoms with E-state index in [2.05, 4.69) is 22.6 Å². The lowest BCUT2D eigenvalue weighted by Crippen LogP contribution is -2.41. The molecule has 3 aromatic rings. The number of nitrogens with zero attached hydrogens (tertiary/aromatic N) is 2. The van der Waals surface area contributed by atoms with E-state index >= 15 is 0 Å². The number of esters is 1. The van der Waals surface area contributed by atoms with E-state index in [9.17, 15) is 24.3 Å². The highest BCUT2D eigenvalue weighted by molar-refractivity contribution is 14.1. The molecule has 9 nitrogen and oxygen atoms in total. The molecule has 1 unspecified atom stereocenters. The molecule has 0 aliphatic rings. The Morgan fingerprint density at radius 3 is 2.33 bits per heavy atom. The van der Waals surface area contributed by atoms with Crippen LogP contribution < -0.4 is 11.2 Å². The van der Waals surface area contributed by atoms with E-state index in [1.807, 2.05) is 38.1 Å². The molecule has 1 N–H and O–H groups in total. The monoisotopic (exact) mass is 628 g/mol. The lowest BCUT2D eigenvalue weighted by molar-refractivity contribution is -0.141. The number of carbonyl (C=O) groups excluding carboxylic acids is 1. The van der Waals surface area contributed by atoms with Gasteiger partial charge in [0.1, 0.15) is 9.71 Å². The number of thiophene rings is 1. The zero-order chi connectivity index (χ0) is 26.7. The Morgan fingerprint density at radius 2 is 1.78 bits per heavy atom. The molecule has 11 heteroatoms. The van der Waals surface area contributed by atoms with Gasteiger partial charge in [-0.3, -0.25) is 18.7 Å². The Hall–Kier alpha value is -2.51. The van der Waals surface area contributed by atoms with Gasteiger partial charge in [-0.1, -0.05) is 19.1 Å². The van der Waals surface area contributed by atoms with E-state index in [1.165, 1.54) is 18.5 Å². The second-order valence-electron chi connectivity index (χ2n) is 8.74. The number of aromatic nitrogens is 2. The molecular weight excluding hydrogens is 599 g/mol. The van der Waals surface area contributed by atoms with Gasteiger partial charge in [0.05, 0.1) is 30.1 Å². The van der Waals surface area contributed by atoms with Crippen molar-refractivity contribution in [2.24, 2.45) is 13.0 Å². The van der Waals surface area contributed by atoms with Crippen LogP contribution in [0, 0.1) is 9.49 Å². The van der Waals surface area contributed by atoms with E-state index in [0.717, 1.165) is 25.0 Å². The third-order valence-electron chi connectivity index (χ3n) is 5.68. The number of ether oxygens (including phenoxy) is 2. The molecule has 1 aromatic carbocycles. The average molecular weight is 628 g/mol. The summed E-state index contributed by atoms with van der Waals surface area (Å²) in [5, 5.41) is 9.55. The van der Waals surface area contributed by atoms with Crippen LogP contribution in [0.1, 0.15) is 54.6 Å². The van der Waals surface area contributed by atoms with Crippen molar-refractivity contribution in [2.75, 3.05) is 6.61 Å². The minimum absolute atomic E-state index is 0.136. The molecular formula is C25H29IN2O7S. The van der Waals surface area contributed by atoms with Gasteiger partial charge in [0.15, 0.2) is 0 Å². The minimum Gasteiger partial charge on any atom is -0.481 e. The van der Waals surface area contributed by atoms with Crippen molar-refractivity contribution in [3.05, 3.63) is 64.7 Å². The molecule has 0 fully saturated rings. The summed E-state index contributed by atoms with van der Waals surface area (Å²) in [6.45, 7) is 6.79. The topological polar surface area (TPSA) is 117 Å². The van der Waals surface area contributed by atoms with Crippen LogP contribution in [0.4, 0.5) is 0 Å². The first kappa shape index (κ1) is 28.1. The molecule has 0 aliphatic carbocycles. The van der Waals surface area contributed by atoms with Crippen LogP contribution in [0.25, 0.3) is 10.2 Å². The number of carbonyl (C=O) groups is 2. The Labute approximate surface area is 225 Å². The van der Waals surface area contributed by atoms with Crippen molar-refractivity contribution in [3.8, 4) is 0 Å². The number of rotatable bonds is 10. The molecule has 2 atom stereocenters. The zero-order valence-corrected chi connectivity index (χ0v) is 23.7. The summed E-state index contributed by atoms with van der Waals surface area (Å²) in [5.74, 6) is -2.66. The fraction of sp³-hybridized carbons (Fsp3) is 0.440. The zero-order valence-electron chi connectivity index (χ0n) is 20.7. The molecule has 0 amide bonds. The number of fused-ring (bicyclic) bond motifs is 1. The van der Waals surface area contributed by atoms with Gasteiger partial charge >= 0.3 is 17.6 Å². The Bertz CT molecular complexity index is 1390. The van der Waals surface area contributed by atoms with Crippen LogP contribution in [0.3, 0.4) is 0 Å². The van der Waals surface area contributed by atoms with Crippen LogP contribution in [0.15, 0.2) is 33.9 Å². The van der Waals surface area contributed by atoms with Gasteiger partial charge in [-0.05, 0) is 66.6 Å². The van der Waals surface area contributed by atoms with E-state index in [4.69, 9.17) is 9.47 Å². The predicted octanol–water partition coefficient (Wildman–Crippen LogP) is 3.97. The summed E-state index contributed by atoms with van der Waals surface area (Å²) in [6, 6.07) is 7.79. The molecule has 0 bridgehead atoms. The number of hydrogen-bond acceptors (Lipinski definition) is 7. The Kier molecular flexibility index (Phi) is 9.12. The van der Waals surface area contributed by atoms with E-state index in [0.29, 0.717) is 10.4 Å². The normalized spacial score (nSPS) is 13.2. The first-order chi connectivity index (χ1) is 17.0. The number of carboxylic acid groups (broad SMARTS) is 1. The molecule has 0 spiro atoms. The fourth-order valence-corrected chi connectivity index (χ4v) is 5.43. The van der Waals surface area contributed by atoms with Gasteiger partial charge in [-0.2, -0.15) is 0 Å². The van der Waals surface area contributed by atoms with Gasteiger partial charge in [-0.25, -0.2) is 9.59 Å². The van der Waals surface area contributed by atoms with E-state index < -0.39 is 35.2 Å². The highest BCUT2D eigenvalue weighted by atomic mass is 127. The van der Waals surface area contributed by atoms with E-state index in [-0.39, 0.29) is 35.9 Å². The van der Waals surface area contributed by atoms with Crippen LogP contribution in [0.5, 0.6) is 0 Å². The lowest BCUT2D eigenvalue weighted by Gasteiger charge is -2.21. The molecule has 2 heterocycles. The highest BCUT2D eigenvalue weighted by Gasteiger charge is 2.29. The van der Waals surface area contributed by atoms with Crippen molar-refractivity contribution >= 4 is 56.1 Å². The van der Waals surface area contributed by atoms with Crippen LogP contribution in [-0.4, -0.2) is 38.9 Å². The number of carboxylic acids is 1. The third kappa shape index (κ3) is 5.89. The van der Waals surface area contributed by atoms with Crippen molar-refractivity contribution in [1.29, 1.82) is 0 Å². The van der Waals surface area contributed by atoms with Gasteiger partial charge < -0.3 is 14.6 Å². The summed E-state index contributed by atoms with van der Waals surface area (Å²) in [6.07, 6.45) is -0.423. The SMILES string of the molecule is CCOC(=O)c1sc2c(c1CC(OC(C)C)c1ccc(I)cc1)c(=O)n(C[C@H](C)C(=O)O)c(=O)n2C. The highest BCUT2D eigenvalue weighted by Crippen LogP contribution is 2.34. The quantitative estimate of drug-likeness (QED) is 0.267. The third-order valence-corrected chi connectivity index (χ3v) is 7.68. The van der Waals surface area contributed by atoms with E-state index in [1.54, 1.807) is 6.92 Å². The largest absolute Gasteiger partial charge is 0.481 e. The maximum atomic E-state index is 13.6. The van der Waals surface area contributed by atoms with Crippen molar-refractivity contribution in [2.45, 2.75) is 52.9 Å². The summed E-state index contributed by atoms with van der Waals surface area (Å²) in [5.41, 5.74) is 0.0308. The minimum atomic E-state index is -1.12. The molecule has 0 saturated carbocycles. The second-order valence-corrected chi connectivity index (χ2v) is 11.0. The maximum absolute atomic E-state index is 13.6. The molecule has 0 aliphatic heterocycles. The predicted molar refractivity (Wildman–Crippen MR) is 146 cm³/mol. The average Bonchev–Trinajstić information content (AvgIpc) is 3.19. The summed E-state index contributed by atoms with van der Waals surface area (Å²) in [7, 11) is 1.50. The summed E-state index contributed by atoms with van der Waals surface area (Å²) < 4.78 is 14.7. The van der Waals surface area contributed by atoms with Gasteiger partial charge in [0.2, 0.25) is 0 Å². The van der Waals surface area contributed by atoms with Gasteiger partial charge in [-0.15, -0.1) is 11.3 Å². The number of benzene rings is 1. The molecule has 3 rings (SSSR count). The maximum Gasteiger partial charge on any atom is 0.348 e. The first-order valence-corrected chi connectivity index (χ1v) is 13.4. The standard InChI is InChI=1S/C25H29IN2O7S/c1-6-34-24(32)20-17(11-18(35-13(2)3)15-7-9-16(26)10-8-15)19-21(29)28(12-14(4)23(30)31)25(33)27(5)22(19)36-20/h7-10,13-14,18H,6,11-12H2,1-5H3,(H,30,31)/t14-,18?/m0/s1. The number of hydrogen-bond donors (Lipinski definition) is 1. The van der Waals surface area contributed by atoms with Crippen molar-refractivity contribution < 1.29 is 24.2 Å². The Morgan fingerprint density at radius 1 is 1.14 bits per heavy atom. The molecule has 36 heavy (non-hydrogen) atoms. The van der Waals surface area contributed by atoms with Crippen molar-refractivity contribution in [3.63, 3.8) is 0 Å². The number of aliphatic carboxylic acids is 1.